The van der Waals surface area contributed by atoms with Crippen molar-refractivity contribution in [3.8, 4) is 0 Å². The van der Waals surface area contributed by atoms with Gasteiger partial charge in [-0.3, -0.25) is 14.8 Å². The van der Waals surface area contributed by atoms with E-state index in [1.54, 1.807) is 12.4 Å². The van der Waals surface area contributed by atoms with Gasteiger partial charge < -0.3 is 10.6 Å². The minimum atomic E-state index is -0.234. The summed E-state index contributed by atoms with van der Waals surface area (Å²) in [5, 5.41) is 6.14. The van der Waals surface area contributed by atoms with Gasteiger partial charge in [0.1, 0.15) is 0 Å². The van der Waals surface area contributed by atoms with Crippen LogP contribution in [0.5, 0.6) is 0 Å². The van der Waals surface area contributed by atoms with E-state index in [0.29, 0.717) is 6.54 Å². The van der Waals surface area contributed by atoms with Gasteiger partial charge in [0, 0.05) is 25.0 Å². The van der Waals surface area contributed by atoms with E-state index in [4.69, 9.17) is 0 Å². The molecule has 1 aromatic heterocycles. The number of carbonyl (C=O) groups excluding carboxylic acids is 1. The van der Waals surface area contributed by atoms with Crippen LogP contribution in [0.3, 0.4) is 0 Å². The molecule has 1 amide bonds. The zero-order valence-electron chi connectivity index (χ0n) is 12.2. The maximum Gasteiger partial charge on any atom is 0.237 e. The highest BCUT2D eigenvalue weighted by Crippen LogP contribution is 1.97. The van der Waals surface area contributed by atoms with E-state index in [1.807, 2.05) is 20.8 Å². The summed E-state index contributed by atoms with van der Waals surface area (Å²) < 4.78 is 0. The van der Waals surface area contributed by atoms with Crippen molar-refractivity contribution in [1.29, 1.82) is 0 Å². The van der Waals surface area contributed by atoms with Gasteiger partial charge in [-0.1, -0.05) is 13.3 Å². The van der Waals surface area contributed by atoms with Crippen LogP contribution in [0.4, 0.5) is 0 Å². The van der Waals surface area contributed by atoms with Crippen LogP contribution in [0.1, 0.15) is 45.0 Å². The maximum absolute atomic E-state index is 11.9. The van der Waals surface area contributed by atoms with Gasteiger partial charge in [0.2, 0.25) is 5.91 Å². The number of hydrogen-bond donors (Lipinski definition) is 2. The molecule has 0 saturated carbocycles. The first-order valence-corrected chi connectivity index (χ1v) is 6.84. The predicted octanol–water partition coefficient (Wildman–Crippen LogP) is 1.57. The highest BCUT2D eigenvalue weighted by Gasteiger charge is 2.14. The van der Waals surface area contributed by atoms with E-state index in [1.165, 1.54) is 0 Å². The Morgan fingerprint density at radius 3 is 2.63 bits per heavy atom. The zero-order valence-corrected chi connectivity index (χ0v) is 12.2. The van der Waals surface area contributed by atoms with Crippen LogP contribution in [0.2, 0.25) is 0 Å². The number of carbonyl (C=O) groups is 1. The second kappa shape index (κ2) is 7.84. The second-order valence-electron chi connectivity index (χ2n) is 4.95. The lowest BCUT2D eigenvalue weighted by molar-refractivity contribution is -0.123. The standard InChI is InChI=1S/C14H24N4O/c1-5-6-10(2)18-14(19)12(4)16-9-13-8-15-11(3)7-17-13/h7-8,10,12,16H,5-6,9H2,1-4H3,(H,18,19). The first-order chi connectivity index (χ1) is 9.02. The summed E-state index contributed by atoms with van der Waals surface area (Å²) in [4.78, 5) is 20.3. The Hall–Kier alpha value is -1.49. The number of hydrogen-bond acceptors (Lipinski definition) is 4. The molecule has 0 aliphatic carbocycles. The molecule has 2 atom stereocenters. The Kier molecular flexibility index (Phi) is 6.42. The fourth-order valence-corrected chi connectivity index (χ4v) is 1.73. The predicted molar refractivity (Wildman–Crippen MR) is 75.6 cm³/mol. The van der Waals surface area contributed by atoms with Gasteiger partial charge in [0.05, 0.1) is 17.4 Å². The molecular weight excluding hydrogens is 240 g/mol. The number of nitrogens with zero attached hydrogens (tertiary/aromatic N) is 2. The van der Waals surface area contributed by atoms with Crippen LogP contribution >= 0.6 is 0 Å². The van der Waals surface area contributed by atoms with Crippen molar-refractivity contribution in [3.05, 3.63) is 23.8 Å². The fraction of sp³-hybridized carbons (Fsp3) is 0.643. The lowest BCUT2D eigenvalue weighted by Gasteiger charge is -2.17. The Labute approximate surface area is 115 Å². The molecule has 0 radical (unpaired) electrons. The van der Waals surface area contributed by atoms with Gasteiger partial charge in [-0.15, -0.1) is 0 Å². The minimum absolute atomic E-state index is 0.0287. The fourth-order valence-electron chi connectivity index (χ4n) is 1.73. The average molecular weight is 264 g/mol. The molecule has 5 heteroatoms. The first kappa shape index (κ1) is 15.6. The van der Waals surface area contributed by atoms with E-state index < -0.39 is 0 Å². The molecular formula is C14H24N4O. The van der Waals surface area contributed by atoms with E-state index >= 15 is 0 Å². The molecule has 0 aromatic carbocycles. The Morgan fingerprint density at radius 1 is 1.32 bits per heavy atom. The summed E-state index contributed by atoms with van der Waals surface area (Å²) in [6, 6.07) is -0.0108. The van der Waals surface area contributed by atoms with Crippen LogP contribution in [0.15, 0.2) is 12.4 Å². The normalized spacial score (nSPS) is 13.9. The quantitative estimate of drug-likeness (QED) is 0.784. The third kappa shape index (κ3) is 5.79. The van der Waals surface area contributed by atoms with E-state index in [0.717, 1.165) is 24.2 Å². The second-order valence-corrected chi connectivity index (χ2v) is 4.95. The van der Waals surface area contributed by atoms with E-state index in [-0.39, 0.29) is 18.0 Å². The molecule has 0 aliphatic heterocycles. The summed E-state index contributed by atoms with van der Waals surface area (Å²) in [7, 11) is 0. The van der Waals surface area contributed by atoms with Crippen molar-refractivity contribution >= 4 is 5.91 Å². The average Bonchev–Trinajstić information content (AvgIpc) is 2.37. The molecule has 0 spiro atoms. The highest BCUT2D eigenvalue weighted by atomic mass is 16.2. The molecule has 19 heavy (non-hydrogen) atoms. The van der Waals surface area contributed by atoms with Gasteiger partial charge in [0.15, 0.2) is 0 Å². The summed E-state index contributed by atoms with van der Waals surface area (Å²) >= 11 is 0. The summed E-state index contributed by atoms with van der Waals surface area (Å²) in [5.74, 6) is 0.0287. The molecule has 1 heterocycles. The van der Waals surface area contributed by atoms with Crippen LogP contribution in [-0.4, -0.2) is 28.0 Å². The molecule has 0 fully saturated rings. The van der Waals surface area contributed by atoms with Crippen molar-refractivity contribution in [2.45, 2.75) is 59.2 Å². The molecule has 2 unspecified atom stereocenters. The number of aryl methyl sites for hydroxylation is 1. The lowest BCUT2D eigenvalue weighted by atomic mass is 10.2. The smallest absolute Gasteiger partial charge is 0.237 e. The van der Waals surface area contributed by atoms with Gasteiger partial charge in [-0.05, 0) is 27.2 Å². The molecule has 2 N–H and O–H groups in total. The number of aromatic nitrogens is 2. The van der Waals surface area contributed by atoms with E-state index in [9.17, 15) is 4.79 Å². The Balaban J connectivity index is 2.35. The Bertz CT molecular complexity index is 391. The summed E-state index contributed by atoms with van der Waals surface area (Å²) in [5.41, 5.74) is 1.73. The maximum atomic E-state index is 11.9. The van der Waals surface area contributed by atoms with E-state index in [2.05, 4.69) is 27.5 Å². The van der Waals surface area contributed by atoms with Crippen molar-refractivity contribution in [2.24, 2.45) is 0 Å². The van der Waals surface area contributed by atoms with Crippen LogP contribution in [-0.2, 0) is 11.3 Å². The molecule has 0 bridgehead atoms. The third-order valence-corrected chi connectivity index (χ3v) is 2.93. The van der Waals surface area contributed by atoms with Gasteiger partial charge in [-0.25, -0.2) is 0 Å². The number of amides is 1. The van der Waals surface area contributed by atoms with Gasteiger partial charge in [0.25, 0.3) is 0 Å². The molecule has 5 nitrogen and oxygen atoms in total. The third-order valence-electron chi connectivity index (χ3n) is 2.93. The van der Waals surface area contributed by atoms with Crippen LogP contribution in [0, 0.1) is 6.92 Å². The Morgan fingerprint density at radius 2 is 2.05 bits per heavy atom. The van der Waals surface area contributed by atoms with Crippen molar-refractivity contribution in [1.82, 2.24) is 20.6 Å². The summed E-state index contributed by atoms with van der Waals surface area (Å²) in [6.45, 7) is 8.44. The lowest BCUT2D eigenvalue weighted by Crippen LogP contribution is -2.45. The van der Waals surface area contributed by atoms with Crippen LogP contribution in [0.25, 0.3) is 0 Å². The van der Waals surface area contributed by atoms with Crippen LogP contribution < -0.4 is 10.6 Å². The summed E-state index contributed by atoms with van der Waals surface area (Å²) in [6.07, 6.45) is 5.53. The molecule has 0 saturated heterocycles. The van der Waals surface area contributed by atoms with Crippen molar-refractivity contribution in [2.75, 3.05) is 0 Å². The monoisotopic (exact) mass is 264 g/mol. The molecule has 0 aliphatic rings. The number of rotatable bonds is 7. The van der Waals surface area contributed by atoms with Crippen molar-refractivity contribution in [3.63, 3.8) is 0 Å². The highest BCUT2D eigenvalue weighted by molar-refractivity contribution is 5.81. The largest absolute Gasteiger partial charge is 0.352 e. The van der Waals surface area contributed by atoms with Crippen molar-refractivity contribution < 1.29 is 4.79 Å². The molecule has 1 rings (SSSR count). The number of nitrogens with one attached hydrogen (secondary N) is 2. The molecule has 106 valence electrons. The van der Waals surface area contributed by atoms with Gasteiger partial charge in [-0.2, -0.15) is 0 Å². The zero-order chi connectivity index (χ0) is 14.3. The minimum Gasteiger partial charge on any atom is -0.352 e. The SMILES string of the molecule is CCCC(C)NC(=O)C(C)NCc1cnc(C)cn1. The molecule has 1 aromatic rings. The van der Waals surface area contributed by atoms with Gasteiger partial charge >= 0.3 is 0 Å². The topological polar surface area (TPSA) is 66.9 Å². The first-order valence-electron chi connectivity index (χ1n) is 6.84.